The van der Waals surface area contributed by atoms with Gasteiger partial charge in [-0.3, -0.25) is 0 Å². The molecule has 0 radical (unpaired) electrons. The van der Waals surface area contributed by atoms with Crippen LogP contribution in [0.15, 0.2) is 0 Å². The van der Waals surface area contributed by atoms with E-state index in [-0.39, 0.29) is 0 Å². The van der Waals surface area contributed by atoms with Crippen LogP contribution in [0.3, 0.4) is 0 Å². The third-order valence-electron chi connectivity index (χ3n) is 3.58. The Hall–Kier alpha value is -0.0400. The van der Waals surface area contributed by atoms with Crippen molar-refractivity contribution in [2.45, 2.75) is 51.0 Å². The van der Waals surface area contributed by atoms with Crippen LogP contribution in [-0.2, 0) is 0 Å². The Labute approximate surface area is 69.4 Å². The fourth-order valence-corrected chi connectivity index (χ4v) is 2.91. The van der Waals surface area contributed by atoms with Crippen molar-refractivity contribution in [3.05, 3.63) is 0 Å². The van der Waals surface area contributed by atoms with Gasteiger partial charge in [0.05, 0.1) is 0 Å². The van der Waals surface area contributed by atoms with Gasteiger partial charge in [0, 0.05) is 6.04 Å². The molecule has 1 unspecified atom stereocenters. The van der Waals surface area contributed by atoms with Crippen LogP contribution in [0, 0.1) is 11.8 Å². The van der Waals surface area contributed by atoms with Gasteiger partial charge in [0.25, 0.3) is 0 Å². The predicted molar refractivity (Wildman–Crippen MR) is 47.3 cm³/mol. The molecule has 0 spiro atoms. The number of nitrogens with two attached hydrogens (primary N) is 1. The van der Waals surface area contributed by atoms with E-state index in [0.717, 1.165) is 11.8 Å². The van der Waals surface area contributed by atoms with Crippen LogP contribution in [0.4, 0.5) is 0 Å². The monoisotopic (exact) mass is 153 g/mol. The first-order chi connectivity index (χ1) is 5.36. The van der Waals surface area contributed by atoms with E-state index in [9.17, 15) is 0 Å². The van der Waals surface area contributed by atoms with E-state index in [1.807, 2.05) is 0 Å². The molecular weight excluding hydrogens is 134 g/mol. The Kier molecular flexibility index (Phi) is 2.17. The maximum Gasteiger partial charge on any atom is 0.00416 e. The maximum atomic E-state index is 5.94. The summed E-state index contributed by atoms with van der Waals surface area (Å²) in [6, 6.07) is 0.536. The molecule has 0 aromatic heterocycles. The summed E-state index contributed by atoms with van der Waals surface area (Å²) in [5.41, 5.74) is 5.94. The molecule has 2 aliphatic rings. The zero-order valence-corrected chi connectivity index (χ0v) is 7.26. The number of rotatable bonds is 0. The van der Waals surface area contributed by atoms with Crippen LogP contribution >= 0.6 is 0 Å². The third-order valence-corrected chi connectivity index (χ3v) is 3.58. The fraction of sp³-hybridized carbons (Fsp3) is 1.00. The Balaban J connectivity index is 1.93. The van der Waals surface area contributed by atoms with Crippen molar-refractivity contribution in [2.24, 2.45) is 17.6 Å². The van der Waals surface area contributed by atoms with Crippen molar-refractivity contribution in [2.75, 3.05) is 0 Å². The first-order valence-electron chi connectivity index (χ1n) is 5.12. The largest absolute Gasteiger partial charge is 0.328 e. The smallest absolute Gasteiger partial charge is 0.00416 e. The van der Waals surface area contributed by atoms with Crippen molar-refractivity contribution in [1.82, 2.24) is 0 Å². The van der Waals surface area contributed by atoms with Crippen molar-refractivity contribution in [1.29, 1.82) is 0 Å². The Morgan fingerprint density at radius 1 is 0.818 bits per heavy atom. The van der Waals surface area contributed by atoms with Crippen LogP contribution in [0.1, 0.15) is 44.9 Å². The molecule has 2 aliphatic carbocycles. The van der Waals surface area contributed by atoms with E-state index in [2.05, 4.69) is 0 Å². The fourth-order valence-electron chi connectivity index (χ4n) is 2.91. The molecule has 0 aromatic carbocycles. The minimum absolute atomic E-state index is 0.536. The second kappa shape index (κ2) is 3.14. The van der Waals surface area contributed by atoms with Crippen LogP contribution in [0.2, 0.25) is 0 Å². The second-order valence-corrected chi connectivity index (χ2v) is 4.38. The van der Waals surface area contributed by atoms with Crippen LogP contribution in [-0.4, -0.2) is 6.04 Å². The van der Waals surface area contributed by atoms with E-state index in [1.165, 1.54) is 44.9 Å². The van der Waals surface area contributed by atoms with Crippen molar-refractivity contribution in [3.8, 4) is 0 Å². The van der Waals surface area contributed by atoms with E-state index in [0.29, 0.717) is 6.04 Å². The van der Waals surface area contributed by atoms with Crippen molar-refractivity contribution >= 4 is 0 Å². The molecule has 2 saturated carbocycles. The summed E-state index contributed by atoms with van der Waals surface area (Å²) >= 11 is 0. The zero-order chi connectivity index (χ0) is 7.68. The molecule has 0 bridgehead atoms. The van der Waals surface area contributed by atoms with Gasteiger partial charge in [-0.15, -0.1) is 0 Å². The maximum absolute atomic E-state index is 5.94. The summed E-state index contributed by atoms with van der Waals surface area (Å²) in [5, 5.41) is 0. The summed E-state index contributed by atoms with van der Waals surface area (Å²) in [5.74, 6) is 2.07. The molecule has 1 heteroatoms. The highest BCUT2D eigenvalue weighted by Crippen LogP contribution is 2.39. The lowest BCUT2D eigenvalue weighted by Crippen LogP contribution is -2.34. The highest BCUT2D eigenvalue weighted by Gasteiger charge is 2.30. The number of hydrogen-bond acceptors (Lipinski definition) is 1. The predicted octanol–water partition coefficient (Wildman–Crippen LogP) is 2.30. The van der Waals surface area contributed by atoms with Gasteiger partial charge in [-0.25, -0.2) is 0 Å². The minimum atomic E-state index is 0.536. The van der Waals surface area contributed by atoms with Crippen molar-refractivity contribution in [3.63, 3.8) is 0 Å². The Morgan fingerprint density at radius 3 is 2.36 bits per heavy atom. The second-order valence-electron chi connectivity index (χ2n) is 4.38. The van der Waals surface area contributed by atoms with E-state index >= 15 is 0 Å². The Morgan fingerprint density at radius 2 is 1.55 bits per heavy atom. The average Bonchev–Trinajstić information content (AvgIpc) is 2.04. The summed E-state index contributed by atoms with van der Waals surface area (Å²) in [4.78, 5) is 0. The summed E-state index contributed by atoms with van der Waals surface area (Å²) in [6.07, 6.45) is 9.96. The van der Waals surface area contributed by atoms with E-state index in [1.54, 1.807) is 0 Å². The molecule has 0 aromatic rings. The highest BCUT2D eigenvalue weighted by atomic mass is 14.6. The summed E-state index contributed by atoms with van der Waals surface area (Å²) in [7, 11) is 0. The minimum Gasteiger partial charge on any atom is -0.328 e. The molecule has 0 heterocycles. The highest BCUT2D eigenvalue weighted by molar-refractivity contribution is 4.84. The Bertz CT molecular complexity index is 133. The lowest BCUT2D eigenvalue weighted by molar-refractivity contribution is 0.157. The molecule has 1 nitrogen and oxygen atoms in total. The van der Waals surface area contributed by atoms with Gasteiger partial charge < -0.3 is 5.73 Å². The van der Waals surface area contributed by atoms with E-state index < -0.39 is 0 Å². The molecule has 0 saturated heterocycles. The van der Waals surface area contributed by atoms with Crippen LogP contribution in [0.25, 0.3) is 0 Å². The van der Waals surface area contributed by atoms with Gasteiger partial charge in [-0.1, -0.05) is 25.7 Å². The molecule has 2 N–H and O–H groups in total. The van der Waals surface area contributed by atoms with Gasteiger partial charge in [0.1, 0.15) is 0 Å². The molecule has 3 atom stereocenters. The molecule has 2 fully saturated rings. The normalized spacial score (nSPS) is 45.0. The van der Waals surface area contributed by atoms with Crippen LogP contribution in [0.5, 0.6) is 0 Å². The third kappa shape index (κ3) is 1.58. The first kappa shape index (κ1) is 7.60. The number of fused-ring (bicyclic) bond motifs is 1. The molecule has 64 valence electrons. The lowest BCUT2D eigenvalue weighted by atomic mass is 9.70. The summed E-state index contributed by atoms with van der Waals surface area (Å²) < 4.78 is 0. The molecule has 11 heavy (non-hydrogen) atoms. The SMILES string of the molecule is N[C@@H]1CC[C@@H]2CCCCC2C1. The van der Waals surface area contributed by atoms with Gasteiger partial charge in [0.15, 0.2) is 0 Å². The standard InChI is InChI=1S/C10H19N/c11-10-6-5-8-3-1-2-4-9(8)7-10/h8-10H,1-7,11H2/t8-,9?,10+/m0/s1. The molecular formula is C10H19N. The van der Waals surface area contributed by atoms with Gasteiger partial charge in [0.2, 0.25) is 0 Å². The van der Waals surface area contributed by atoms with Crippen LogP contribution < -0.4 is 5.73 Å². The first-order valence-corrected chi connectivity index (χ1v) is 5.12. The van der Waals surface area contributed by atoms with Gasteiger partial charge >= 0.3 is 0 Å². The molecule has 0 amide bonds. The van der Waals surface area contributed by atoms with Gasteiger partial charge in [-0.2, -0.15) is 0 Å². The lowest BCUT2D eigenvalue weighted by Gasteiger charge is -2.38. The molecule has 0 aliphatic heterocycles. The van der Waals surface area contributed by atoms with Gasteiger partial charge in [-0.05, 0) is 31.1 Å². The van der Waals surface area contributed by atoms with E-state index in [4.69, 9.17) is 5.73 Å². The van der Waals surface area contributed by atoms with Crippen molar-refractivity contribution < 1.29 is 0 Å². The zero-order valence-electron chi connectivity index (χ0n) is 7.26. The number of hydrogen-bond donors (Lipinski definition) is 1. The topological polar surface area (TPSA) is 26.0 Å². The molecule has 2 rings (SSSR count). The average molecular weight is 153 g/mol. The summed E-state index contributed by atoms with van der Waals surface area (Å²) in [6.45, 7) is 0. The quantitative estimate of drug-likeness (QED) is 0.568.